The second kappa shape index (κ2) is 6.73. The number of benzene rings is 2. The number of aryl methyl sites for hydroxylation is 2. The lowest BCUT2D eigenvalue weighted by Gasteiger charge is -2.16. The number of carbonyl (C=O) groups is 1. The average molecular weight is 311 g/mol. The molecule has 0 bridgehead atoms. The highest BCUT2D eigenvalue weighted by Crippen LogP contribution is 2.32. The summed E-state index contributed by atoms with van der Waals surface area (Å²) in [6, 6.07) is 13.9. The van der Waals surface area contributed by atoms with Crippen LogP contribution in [0.4, 0.5) is 0 Å². The Morgan fingerprint density at radius 3 is 2.78 bits per heavy atom. The van der Waals surface area contributed by atoms with E-state index in [-0.39, 0.29) is 18.7 Å². The molecule has 4 heteroatoms. The third-order valence-electron chi connectivity index (χ3n) is 4.11. The molecule has 0 aliphatic carbocycles. The first kappa shape index (κ1) is 15.4. The first-order valence-corrected chi connectivity index (χ1v) is 7.87. The van der Waals surface area contributed by atoms with Crippen molar-refractivity contribution in [2.75, 3.05) is 6.79 Å². The van der Waals surface area contributed by atoms with Gasteiger partial charge in [0.2, 0.25) is 12.7 Å². The van der Waals surface area contributed by atoms with Gasteiger partial charge in [0.15, 0.2) is 11.5 Å². The molecule has 0 saturated carbocycles. The standard InChI is InChI=1S/C19H21NO3/c1-13-5-3-4-6-16(13)14(2)20-19(21)10-8-15-7-9-17-18(11-15)23-12-22-17/h3-7,9,11,14H,8,10,12H2,1-2H3,(H,20,21). The van der Waals surface area contributed by atoms with E-state index in [1.54, 1.807) is 0 Å². The molecule has 1 aliphatic rings. The zero-order chi connectivity index (χ0) is 16.2. The minimum atomic E-state index is 0.0143. The summed E-state index contributed by atoms with van der Waals surface area (Å²) in [6.07, 6.45) is 1.14. The molecule has 1 N–H and O–H groups in total. The van der Waals surface area contributed by atoms with Crippen LogP contribution < -0.4 is 14.8 Å². The SMILES string of the molecule is Cc1ccccc1C(C)NC(=O)CCc1ccc2c(c1)OCO2. The van der Waals surface area contributed by atoms with E-state index < -0.39 is 0 Å². The van der Waals surface area contributed by atoms with Gasteiger partial charge >= 0.3 is 0 Å². The average Bonchev–Trinajstić information content (AvgIpc) is 3.01. The minimum Gasteiger partial charge on any atom is -0.454 e. The summed E-state index contributed by atoms with van der Waals surface area (Å²) in [4.78, 5) is 12.2. The molecule has 120 valence electrons. The number of rotatable bonds is 5. The Morgan fingerprint density at radius 1 is 1.17 bits per heavy atom. The van der Waals surface area contributed by atoms with Crippen LogP contribution in [0.2, 0.25) is 0 Å². The van der Waals surface area contributed by atoms with Crippen molar-refractivity contribution in [1.29, 1.82) is 0 Å². The Balaban J connectivity index is 1.54. The van der Waals surface area contributed by atoms with E-state index in [1.807, 2.05) is 37.3 Å². The number of hydrogen-bond acceptors (Lipinski definition) is 3. The van der Waals surface area contributed by atoms with Crippen molar-refractivity contribution in [3.8, 4) is 11.5 Å². The van der Waals surface area contributed by atoms with Crippen LogP contribution in [0.3, 0.4) is 0 Å². The molecular formula is C19H21NO3. The number of amides is 1. The van der Waals surface area contributed by atoms with Crippen LogP contribution in [0.1, 0.15) is 36.1 Å². The summed E-state index contributed by atoms with van der Waals surface area (Å²) in [7, 11) is 0. The van der Waals surface area contributed by atoms with Crippen LogP contribution in [-0.4, -0.2) is 12.7 Å². The highest BCUT2D eigenvalue weighted by atomic mass is 16.7. The van der Waals surface area contributed by atoms with E-state index in [0.29, 0.717) is 12.8 Å². The van der Waals surface area contributed by atoms with Gasteiger partial charge in [0.1, 0.15) is 0 Å². The fourth-order valence-corrected chi connectivity index (χ4v) is 2.82. The van der Waals surface area contributed by atoms with Crippen molar-refractivity contribution >= 4 is 5.91 Å². The van der Waals surface area contributed by atoms with Gasteiger partial charge in [-0.2, -0.15) is 0 Å². The molecule has 0 aromatic heterocycles. The molecule has 1 aliphatic heterocycles. The Kier molecular flexibility index (Phi) is 4.51. The van der Waals surface area contributed by atoms with Gasteiger partial charge in [-0.3, -0.25) is 4.79 Å². The molecule has 2 aromatic carbocycles. The maximum atomic E-state index is 12.2. The molecule has 1 heterocycles. The summed E-state index contributed by atoms with van der Waals surface area (Å²) in [5.41, 5.74) is 3.42. The number of ether oxygens (including phenoxy) is 2. The Morgan fingerprint density at radius 2 is 1.96 bits per heavy atom. The number of nitrogens with one attached hydrogen (secondary N) is 1. The predicted molar refractivity (Wildman–Crippen MR) is 88.6 cm³/mol. The maximum absolute atomic E-state index is 12.2. The maximum Gasteiger partial charge on any atom is 0.231 e. The van der Waals surface area contributed by atoms with Crippen LogP contribution in [0.25, 0.3) is 0 Å². The van der Waals surface area contributed by atoms with Gasteiger partial charge in [-0.1, -0.05) is 30.3 Å². The first-order chi connectivity index (χ1) is 11.1. The van der Waals surface area contributed by atoms with Crippen molar-refractivity contribution < 1.29 is 14.3 Å². The van der Waals surface area contributed by atoms with E-state index in [0.717, 1.165) is 22.6 Å². The second-order valence-corrected chi connectivity index (χ2v) is 5.83. The zero-order valence-electron chi connectivity index (χ0n) is 13.5. The van der Waals surface area contributed by atoms with Crippen LogP contribution in [-0.2, 0) is 11.2 Å². The number of carbonyl (C=O) groups excluding carboxylic acids is 1. The molecule has 0 saturated heterocycles. The van der Waals surface area contributed by atoms with Gasteiger partial charge in [-0.15, -0.1) is 0 Å². The van der Waals surface area contributed by atoms with E-state index in [1.165, 1.54) is 5.56 Å². The quantitative estimate of drug-likeness (QED) is 0.919. The van der Waals surface area contributed by atoms with Crippen molar-refractivity contribution in [1.82, 2.24) is 5.32 Å². The molecule has 1 amide bonds. The van der Waals surface area contributed by atoms with Gasteiger partial charge in [-0.05, 0) is 49.1 Å². The van der Waals surface area contributed by atoms with Crippen molar-refractivity contribution in [2.45, 2.75) is 32.7 Å². The van der Waals surface area contributed by atoms with Crippen LogP contribution in [0.5, 0.6) is 11.5 Å². The topological polar surface area (TPSA) is 47.6 Å². The summed E-state index contributed by atoms with van der Waals surface area (Å²) in [5, 5.41) is 3.06. The van der Waals surface area contributed by atoms with Crippen LogP contribution in [0, 0.1) is 6.92 Å². The van der Waals surface area contributed by atoms with E-state index in [9.17, 15) is 4.79 Å². The Hall–Kier alpha value is -2.49. The summed E-state index contributed by atoms with van der Waals surface area (Å²) < 4.78 is 10.6. The lowest BCUT2D eigenvalue weighted by molar-refractivity contribution is -0.121. The van der Waals surface area contributed by atoms with Gasteiger partial charge in [0.05, 0.1) is 6.04 Å². The first-order valence-electron chi connectivity index (χ1n) is 7.87. The van der Waals surface area contributed by atoms with Gasteiger partial charge in [-0.25, -0.2) is 0 Å². The van der Waals surface area contributed by atoms with E-state index >= 15 is 0 Å². The van der Waals surface area contributed by atoms with Crippen molar-refractivity contribution in [3.63, 3.8) is 0 Å². The van der Waals surface area contributed by atoms with Crippen LogP contribution in [0.15, 0.2) is 42.5 Å². The molecule has 1 atom stereocenters. The van der Waals surface area contributed by atoms with E-state index in [2.05, 4.69) is 24.4 Å². The fourth-order valence-electron chi connectivity index (χ4n) is 2.82. The smallest absolute Gasteiger partial charge is 0.231 e. The summed E-state index contributed by atoms with van der Waals surface area (Å²) >= 11 is 0. The molecule has 1 unspecified atom stereocenters. The molecule has 0 radical (unpaired) electrons. The molecular weight excluding hydrogens is 290 g/mol. The van der Waals surface area contributed by atoms with Gasteiger partial charge < -0.3 is 14.8 Å². The summed E-state index contributed by atoms with van der Waals surface area (Å²) in [5.74, 6) is 1.58. The van der Waals surface area contributed by atoms with E-state index in [4.69, 9.17) is 9.47 Å². The molecule has 0 fully saturated rings. The van der Waals surface area contributed by atoms with Gasteiger partial charge in [0.25, 0.3) is 0 Å². The molecule has 2 aromatic rings. The molecule has 4 nitrogen and oxygen atoms in total. The summed E-state index contributed by atoms with van der Waals surface area (Å²) in [6.45, 7) is 4.35. The fraction of sp³-hybridized carbons (Fsp3) is 0.316. The third-order valence-corrected chi connectivity index (χ3v) is 4.11. The minimum absolute atomic E-state index is 0.0143. The van der Waals surface area contributed by atoms with Crippen molar-refractivity contribution in [2.24, 2.45) is 0 Å². The third kappa shape index (κ3) is 3.65. The second-order valence-electron chi connectivity index (χ2n) is 5.83. The number of hydrogen-bond donors (Lipinski definition) is 1. The lowest BCUT2D eigenvalue weighted by Crippen LogP contribution is -2.27. The molecule has 0 spiro atoms. The lowest BCUT2D eigenvalue weighted by atomic mass is 10.0. The predicted octanol–water partition coefficient (Wildman–Crippen LogP) is 3.53. The van der Waals surface area contributed by atoms with Crippen molar-refractivity contribution in [3.05, 3.63) is 59.2 Å². The highest BCUT2D eigenvalue weighted by Gasteiger charge is 2.14. The number of fused-ring (bicyclic) bond motifs is 1. The monoisotopic (exact) mass is 311 g/mol. The van der Waals surface area contributed by atoms with Gasteiger partial charge in [0, 0.05) is 6.42 Å². The largest absolute Gasteiger partial charge is 0.454 e. The molecule has 23 heavy (non-hydrogen) atoms. The Bertz CT molecular complexity index is 712. The molecule has 3 rings (SSSR count). The Labute approximate surface area is 136 Å². The zero-order valence-corrected chi connectivity index (χ0v) is 13.5. The normalized spacial score (nSPS) is 13.7. The van der Waals surface area contributed by atoms with Crippen LogP contribution >= 0.6 is 0 Å². The highest BCUT2D eigenvalue weighted by molar-refractivity contribution is 5.76.